The van der Waals surface area contributed by atoms with E-state index in [1.165, 1.54) is 12.1 Å². The van der Waals surface area contributed by atoms with Gasteiger partial charge in [0.05, 0.1) is 6.61 Å². The minimum atomic E-state index is -4.55. The molecule has 0 aliphatic carbocycles. The Hall–Kier alpha value is -2.01. The summed E-state index contributed by atoms with van der Waals surface area (Å²) in [6.07, 6.45) is -8.31. The molecule has 3 unspecified atom stereocenters. The molecule has 26 heavy (non-hydrogen) atoms. The number of hydrogen-bond acceptors (Lipinski definition) is 5. The summed E-state index contributed by atoms with van der Waals surface area (Å²) in [6, 6.07) is 3.73. The fourth-order valence-electron chi connectivity index (χ4n) is 3.21. The van der Waals surface area contributed by atoms with Gasteiger partial charge in [0.2, 0.25) is 0 Å². The largest absolute Gasteiger partial charge is 0.465 e. The lowest BCUT2D eigenvalue weighted by Gasteiger charge is -2.46. The highest BCUT2D eigenvalue weighted by Gasteiger charge is 2.55. The highest BCUT2D eigenvalue weighted by atomic mass is 32.2. The number of benzene rings is 1. The first kappa shape index (κ1) is 18.8. The van der Waals surface area contributed by atoms with Gasteiger partial charge < -0.3 is 15.6 Å². The van der Waals surface area contributed by atoms with Crippen molar-refractivity contribution in [2.75, 3.05) is 18.1 Å². The second kappa shape index (κ2) is 6.62. The van der Waals surface area contributed by atoms with Crippen LogP contribution in [0.2, 0.25) is 0 Å². The highest BCUT2D eigenvalue weighted by Crippen LogP contribution is 2.49. The maximum absolute atomic E-state index is 14.5. The maximum atomic E-state index is 14.5. The van der Waals surface area contributed by atoms with Crippen LogP contribution in [0.3, 0.4) is 0 Å². The lowest BCUT2D eigenvalue weighted by Crippen LogP contribution is -2.54. The van der Waals surface area contributed by atoms with Crippen molar-refractivity contribution < 1.29 is 32.2 Å². The van der Waals surface area contributed by atoms with Crippen molar-refractivity contribution in [3.05, 3.63) is 29.6 Å². The van der Waals surface area contributed by atoms with Crippen LogP contribution < -0.4 is 11.1 Å². The smallest absolute Gasteiger partial charge is 0.414 e. The lowest BCUT2D eigenvalue weighted by atomic mass is 9.74. The monoisotopic (exact) mass is 393 g/mol. The van der Waals surface area contributed by atoms with Gasteiger partial charge in [-0.05, 0) is 24.6 Å². The van der Waals surface area contributed by atoms with Crippen LogP contribution in [0.4, 0.5) is 28.0 Å². The molecule has 0 radical (unpaired) electrons. The van der Waals surface area contributed by atoms with E-state index >= 15 is 0 Å². The van der Waals surface area contributed by atoms with Crippen molar-refractivity contribution >= 4 is 28.7 Å². The molecule has 2 heterocycles. The Labute approximate surface area is 149 Å². The van der Waals surface area contributed by atoms with Crippen LogP contribution in [-0.4, -0.2) is 41.0 Å². The second-order valence-corrected chi connectivity index (χ2v) is 7.10. The number of halogens is 4. The Balaban J connectivity index is 2.07. The van der Waals surface area contributed by atoms with Crippen LogP contribution in [0.25, 0.3) is 0 Å². The average molecular weight is 393 g/mol. The number of nitrogen functional groups attached to an aromatic ring is 1. The molecule has 2 aliphatic rings. The predicted molar refractivity (Wildman–Crippen MR) is 87.4 cm³/mol. The first-order valence-corrected chi connectivity index (χ1v) is 8.57. The maximum Gasteiger partial charge on any atom is 0.414 e. The number of carbonyl (C=O) groups is 1. The molecule has 0 bridgehead atoms. The SMILES string of the molecule is Nc1ccc(F)c(C23COC(C(F)(F)F)CC2CSC(NC(=O)O)=N3)c1. The number of rotatable bonds is 1. The molecule has 2 aliphatic heterocycles. The van der Waals surface area contributed by atoms with Crippen molar-refractivity contribution in [1.82, 2.24) is 5.32 Å². The van der Waals surface area contributed by atoms with Crippen LogP contribution in [0.5, 0.6) is 0 Å². The first-order valence-electron chi connectivity index (χ1n) is 7.58. The molecule has 6 nitrogen and oxygen atoms in total. The van der Waals surface area contributed by atoms with Gasteiger partial charge in [-0.2, -0.15) is 13.2 Å². The number of amides is 1. The number of nitrogens with one attached hydrogen (secondary N) is 1. The molecule has 1 fully saturated rings. The van der Waals surface area contributed by atoms with E-state index in [0.29, 0.717) is 0 Å². The van der Waals surface area contributed by atoms with Crippen molar-refractivity contribution in [1.29, 1.82) is 0 Å². The first-order chi connectivity index (χ1) is 12.1. The Bertz CT molecular complexity index is 758. The third-order valence-corrected chi connectivity index (χ3v) is 5.47. The summed E-state index contributed by atoms with van der Waals surface area (Å²) in [5, 5.41) is 10.9. The normalized spacial score (nSPS) is 28.8. The van der Waals surface area contributed by atoms with Crippen LogP contribution in [0.15, 0.2) is 23.2 Å². The average Bonchev–Trinajstić information content (AvgIpc) is 2.55. The summed E-state index contributed by atoms with van der Waals surface area (Å²) in [6.45, 7) is -0.534. The summed E-state index contributed by atoms with van der Waals surface area (Å²) in [5.74, 6) is -1.27. The molecule has 1 aromatic rings. The zero-order valence-corrected chi connectivity index (χ0v) is 14.0. The molecular formula is C15H15F4N3O3S. The van der Waals surface area contributed by atoms with Crippen LogP contribution in [0, 0.1) is 11.7 Å². The van der Waals surface area contributed by atoms with Crippen LogP contribution in [-0.2, 0) is 10.3 Å². The van der Waals surface area contributed by atoms with Crippen molar-refractivity contribution in [3.63, 3.8) is 0 Å². The fourth-order valence-corrected chi connectivity index (χ4v) is 4.36. The third-order valence-electron chi connectivity index (χ3n) is 4.44. The number of hydrogen-bond donors (Lipinski definition) is 3. The molecule has 1 amide bonds. The summed E-state index contributed by atoms with van der Waals surface area (Å²) < 4.78 is 58.7. The summed E-state index contributed by atoms with van der Waals surface area (Å²) in [5.41, 5.74) is 4.44. The quantitative estimate of drug-likeness (QED) is 0.504. The third kappa shape index (κ3) is 3.45. The molecule has 11 heteroatoms. The van der Waals surface area contributed by atoms with E-state index < -0.39 is 48.7 Å². The van der Waals surface area contributed by atoms with E-state index in [4.69, 9.17) is 15.6 Å². The number of amidine groups is 1. The van der Waals surface area contributed by atoms with Gasteiger partial charge >= 0.3 is 12.3 Å². The number of nitrogens with zero attached hydrogens (tertiary/aromatic N) is 1. The van der Waals surface area contributed by atoms with Gasteiger partial charge in [-0.3, -0.25) is 5.32 Å². The number of fused-ring (bicyclic) bond motifs is 1. The Morgan fingerprint density at radius 2 is 2.19 bits per heavy atom. The number of carboxylic acid groups (broad SMARTS) is 1. The number of anilines is 1. The molecule has 1 saturated heterocycles. The van der Waals surface area contributed by atoms with E-state index in [1.54, 1.807) is 0 Å². The molecule has 142 valence electrons. The van der Waals surface area contributed by atoms with Crippen LogP contribution >= 0.6 is 11.8 Å². The number of nitrogens with two attached hydrogens (primary N) is 1. The van der Waals surface area contributed by atoms with E-state index in [1.807, 2.05) is 0 Å². The van der Waals surface area contributed by atoms with E-state index in [0.717, 1.165) is 17.8 Å². The van der Waals surface area contributed by atoms with Gasteiger partial charge in [-0.25, -0.2) is 14.2 Å². The molecule has 0 saturated carbocycles. The number of thioether (sulfide) groups is 1. The highest BCUT2D eigenvalue weighted by molar-refractivity contribution is 8.13. The minimum absolute atomic E-state index is 0.00638. The standard InChI is InChI=1S/C15H15F4N3O3S/c16-10-2-1-8(20)4-9(10)14-6-25-11(15(17,18)19)3-7(14)5-26-12(22-14)21-13(23)24/h1-2,4,7,11H,3,5-6,20H2,(H,21,22)(H,23,24). The summed E-state index contributed by atoms with van der Waals surface area (Å²) in [4.78, 5) is 15.2. The van der Waals surface area contributed by atoms with E-state index in [9.17, 15) is 22.4 Å². The molecule has 3 rings (SSSR count). The van der Waals surface area contributed by atoms with Crippen molar-refractivity contribution in [2.24, 2.45) is 10.9 Å². The minimum Gasteiger partial charge on any atom is -0.465 e. The van der Waals surface area contributed by atoms with Gasteiger partial charge in [0, 0.05) is 22.9 Å². The molecule has 0 aromatic heterocycles. The van der Waals surface area contributed by atoms with Gasteiger partial charge in [0.25, 0.3) is 0 Å². The Morgan fingerprint density at radius 1 is 1.46 bits per heavy atom. The molecule has 1 aromatic carbocycles. The molecule has 0 spiro atoms. The molecule has 3 atom stereocenters. The molecule has 4 N–H and O–H groups in total. The van der Waals surface area contributed by atoms with Crippen molar-refractivity contribution in [2.45, 2.75) is 24.2 Å². The van der Waals surface area contributed by atoms with E-state index in [-0.39, 0.29) is 22.2 Å². The summed E-state index contributed by atoms with van der Waals surface area (Å²) >= 11 is 0.975. The Kier molecular flexibility index (Phi) is 4.78. The number of alkyl halides is 3. The number of ether oxygens (including phenoxy) is 1. The summed E-state index contributed by atoms with van der Waals surface area (Å²) in [7, 11) is 0. The van der Waals surface area contributed by atoms with Gasteiger partial charge in [0.1, 0.15) is 11.4 Å². The predicted octanol–water partition coefficient (Wildman–Crippen LogP) is 2.94. The van der Waals surface area contributed by atoms with E-state index in [2.05, 4.69) is 10.3 Å². The van der Waals surface area contributed by atoms with Gasteiger partial charge in [-0.1, -0.05) is 11.8 Å². The second-order valence-electron chi connectivity index (χ2n) is 6.10. The van der Waals surface area contributed by atoms with Gasteiger partial charge in [0.15, 0.2) is 11.3 Å². The zero-order valence-electron chi connectivity index (χ0n) is 13.2. The fraction of sp³-hybridized carbons (Fsp3) is 0.467. The zero-order chi connectivity index (χ0) is 19.1. The topological polar surface area (TPSA) is 96.9 Å². The lowest BCUT2D eigenvalue weighted by molar-refractivity contribution is -0.245. The van der Waals surface area contributed by atoms with Crippen molar-refractivity contribution in [3.8, 4) is 0 Å². The molecular weight excluding hydrogens is 378 g/mol. The number of aliphatic imine (C=N–C) groups is 1. The Morgan fingerprint density at radius 3 is 2.85 bits per heavy atom. The van der Waals surface area contributed by atoms with Crippen LogP contribution in [0.1, 0.15) is 12.0 Å². The van der Waals surface area contributed by atoms with Gasteiger partial charge in [-0.15, -0.1) is 0 Å².